The largest absolute Gasteiger partial charge is 0.479 e. The first-order valence-electron chi connectivity index (χ1n) is 12.0. The molecule has 6 heteroatoms. The Morgan fingerprint density at radius 1 is 0.600 bits per heavy atom. The predicted molar refractivity (Wildman–Crippen MR) is 119 cm³/mol. The Labute approximate surface area is 183 Å². The summed E-state index contributed by atoms with van der Waals surface area (Å²) < 4.78 is 0. The first kappa shape index (κ1) is 28.9. The zero-order valence-electron chi connectivity index (χ0n) is 19.7. The number of aliphatic carboxylic acids is 2. The van der Waals surface area contributed by atoms with E-state index in [4.69, 9.17) is 0 Å². The third-order valence-electron chi connectivity index (χ3n) is 6.39. The highest BCUT2D eigenvalue weighted by atomic mass is 16.5. The lowest BCUT2D eigenvalue weighted by atomic mass is 9.69. The Bertz CT molecular complexity index is 450. The van der Waals surface area contributed by atoms with E-state index in [2.05, 4.69) is 13.8 Å². The molecule has 4 N–H and O–H groups in total. The van der Waals surface area contributed by atoms with Crippen molar-refractivity contribution in [3.05, 3.63) is 0 Å². The van der Waals surface area contributed by atoms with Crippen molar-refractivity contribution >= 4 is 11.9 Å². The van der Waals surface area contributed by atoms with Crippen LogP contribution in [0.1, 0.15) is 118 Å². The molecule has 0 heterocycles. The predicted octanol–water partition coefficient (Wildman–Crippen LogP) is 5.39. The lowest BCUT2D eigenvalue weighted by Crippen LogP contribution is -2.65. The number of hydrogen-bond donors (Lipinski definition) is 4. The van der Waals surface area contributed by atoms with Crippen LogP contribution >= 0.6 is 0 Å². The standard InChI is InChI=1S/C24H46O6/c1-5-9-11-15-19(13-7-3)17-23(29,21(25)26)24(30,22(27)28)18-20(14-8-4)16-12-10-6-2/h19-20,29-30H,5-18H2,1-4H3,(H,25,26)(H,27,28). The molecule has 0 amide bonds. The SMILES string of the molecule is CCCCCC(CCC)CC(O)(C(=O)O)C(O)(CC(CCC)CCCCC)C(=O)O. The smallest absolute Gasteiger partial charge is 0.339 e. The van der Waals surface area contributed by atoms with E-state index in [0.29, 0.717) is 12.8 Å². The number of rotatable bonds is 19. The van der Waals surface area contributed by atoms with Crippen LogP contribution in [0, 0.1) is 11.8 Å². The average molecular weight is 431 g/mol. The van der Waals surface area contributed by atoms with Crippen LogP contribution in [0.5, 0.6) is 0 Å². The van der Waals surface area contributed by atoms with Crippen molar-refractivity contribution in [2.75, 3.05) is 0 Å². The van der Waals surface area contributed by atoms with Gasteiger partial charge in [0.25, 0.3) is 0 Å². The van der Waals surface area contributed by atoms with Crippen molar-refractivity contribution in [1.82, 2.24) is 0 Å². The maximum atomic E-state index is 12.2. The van der Waals surface area contributed by atoms with Gasteiger partial charge < -0.3 is 20.4 Å². The van der Waals surface area contributed by atoms with Crippen molar-refractivity contribution in [2.45, 2.75) is 129 Å². The van der Waals surface area contributed by atoms with Gasteiger partial charge in [0.2, 0.25) is 11.2 Å². The number of carboxylic acid groups (broad SMARTS) is 2. The molecule has 0 aliphatic rings. The molecule has 6 nitrogen and oxygen atoms in total. The minimum atomic E-state index is -2.71. The first-order valence-corrected chi connectivity index (χ1v) is 12.0. The van der Waals surface area contributed by atoms with E-state index in [9.17, 15) is 30.0 Å². The van der Waals surface area contributed by atoms with Crippen molar-refractivity contribution in [3.8, 4) is 0 Å². The monoisotopic (exact) mass is 430 g/mol. The van der Waals surface area contributed by atoms with Crippen LogP contribution in [-0.2, 0) is 9.59 Å². The summed E-state index contributed by atoms with van der Waals surface area (Å²) in [7, 11) is 0. The van der Waals surface area contributed by atoms with Crippen molar-refractivity contribution in [1.29, 1.82) is 0 Å². The van der Waals surface area contributed by atoms with Crippen LogP contribution in [-0.4, -0.2) is 43.6 Å². The normalized spacial score (nSPS) is 17.7. The molecule has 178 valence electrons. The summed E-state index contributed by atoms with van der Waals surface area (Å²) in [6.45, 7) is 8.14. The van der Waals surface area contributed by atoms with Crippen LogP contribution in [0.15, 0.2) is 0 Å². The highest BCUT2D eigenvalue weighted by Gasteiger charge is 2.61. The fourth-order valence-corrected chi connectivity index (χ4v) is 4.58. The van der Waals surface area contributed by atoms with Gasteiger partial charge in [0.15, 0.2) is 0 Å². The summed E-state index contributed by atoms with van der Waals surface area (Å²) in [6.07, 6.45) is 9.85. The molecule has 0 aliphatic heterocycles. The van der Waals surface area contributed by atoms with E-state index in [-0.39, 0.29) is 24.7 Å². The molecule has 30 heavy (non-hydrogen) atoms. The second-order valence-corrected chi connectivity index (χ2v) is 9.04. The highest BCUT2D eigenvalue weighted by molar-refractivity contribution is 5.90. The van der Waals surface area contributed by atoms with Crippen LogP contribution in [0.4, 0.5) is 0 Å². The molecule has 0 rings (SSSR count). The van der Waals surface area contributed by atoms with Crippen molar-refractivity contribution in [2.24, 2.45) is 11.8 Å². The number of carboxylic acids is 2. The Kier molecular flexibility index (Phi) is 14.2. The molecule has 0 aromatic rings. The summed E-state index contributed by atoms with van der Waals surface area (Å²) in [4.78, 5) is 24.3. The molecule has 0 aromatic carbocycles. The lowest BCUT2D eigenvalue weighted by Gasteiger charge is -2.41. The summed E-state index contributed by atoms with van der Waals surface area (Å²) in [5, 5.41) is 42.2. The zero-order chi connectivity index (χ0) is 23.2. The van der Waals surface area contributed by atoms with E-state index in [1.54, 1.807) is 0 Å². The van der Waals surface area contributed by atoms with E-state index in [1.165, 1.54) is 0 Å². The Balaban J connectivity index is 5.79. The molecule has 0 saturated heterocycles. The molecule has 0 fully saturated rings. The number of hydrogen-bond acceptors (Lipinski definition) is 4. The molecular formula is C24H46O6. The molecule has 0 spiro atoms. The van der Waals surface area contributed by atoms with Gasteiger partial charge in [0.1, 0.15) is 0 Å². The zero-order valence-corrected chi connectivity index (χ0v) is 19.7. The highest BCUT2D eigenvalue weighted by Crippen LogP contribution is 2.39. The van der Waals surface area contributed by atoms with E-state index in [1.807, 2.05) is 13.8 Å². The maximum absolute atomic E-state index is 12.2. The third kappa shape index (κ3) is 8.54. The van der Waals surface area contributed by atoms with E-state index >= 15 is 0 Å². The molecule has 0 bridgehead atoms. The Morgan fingerprint density at radius 2 is 0.933 bits per heavy atom. The van der Waals surface area contributed by atoms with Crippen LogP contribution in [0.3, 0.4) is 0 Å². The second kappa shape index (κ2) is 14.8. The molecule has 4 atom stereocenters. The average Bonchev–Trinajstić information content (AvgIpc) is 2.68. The van der Waals surface area contributed by atoms with Gasteiger partial charge in [-0.1, -0.05) is 105 Å². The van der Waals surface area contributed by atoms with Crippen molar-refractivity contribution < 1.29 is 30.0 Å². The van der Waals surface area contributed by atoms with Gasteiger partial charge in [-0.15, -0.1) is 0 Å². The summed E-state index contributed by atoms with van der Waals surface area (Å²) >= 11 is 0. The summed E-state index contributed by atoms with van der Waals surface area (Å²) in [5.41, 5.74) is -5.41. The fraction of sp³-hybridized carbons (Fsp3) is 0.917. The minimum Gasteiger partial charge on any atom is -0.479 e. The van der Waals surface area contributed by atoms with Gasteiger partial charge in [-0.2, -0.15) is 0 Å². The Morgan fingerprint density at radius 3 is 1.17 bits per heavy atom. The molecule has 0 radical (unpaired) electrons. The molecule has 0 aliphatic carbocycles. The summed E-state index contributed by atoms with van der Waals surface area (Å²) in [6, 6.07) is 0. The van der Waals surface area contributed by atoms with Gasteiger partial charge in [-0.05, 0) is 24.7 Å². The maximum Gasteiger partial charge on any atom is 0.339 e. The number of unbranched alkanes of at least 4 members (excludes halogenated alkanes) is 4. The van der Waals surface area contributed by atoms with Crippen LogP contribution in [0.2, 0.25) is 0 Å². The van der Waals surface area contributed by atoms with Gasteiger partial charge >= 0.3 is 11.9 Å². The minimum absolute atomic E-state index is 0.141. The third-order valence-corrected chi connectivity index (χ3v) is 6.39. The van der Waals surface area contributed by atoms with Gasteiger partial charge in [0, 0.05) is 0 Å². The van der Waals surface area contributed by atoms with Gasteiger partial charge in [-0.3, -0.25) is 0 Å². The van der Waals surface area contributed by atoms with E-state index in [0.717, 1.165) is 64.2 Å². The number of carbonyl (C=O) groups is 2. The Hall–Kier alpha value is -1.14. The lowest BCUT2D eigenvalue weighted by molar-refractivity contribution is -0.214. The fourth-order valence-electron chi connectivity index (χ4n) is 4.58. The molecule has 0 saturated carbocycles. The molecule has 0 aromatic heterocycles. The molecule has 4 unspecified atom stereocenters. The topological polar surface area (TPSA) is 115 Å². The second-order valence-electron chi connectivity index (χ2n) is 9.04. The van der Waals surface area contributed by atoms with Crippen molar-refractivity contribution in [3.63, 3.8) is 0 Å². The first-order chi connectivity index (χ1) is 14.1. The summed E-state index contributed by atoms with van der Waals surface area (Å²) in [5.74, 6) is -3.57. The molecular weight excluding hydrogens is 384 g/mol. The van der Waals surface area contributed by atoms with E-state index < -0.39 is 23.1 Å². The van der Waals surface area contributed by atoms with Gasteiger partial charge in [-0.25, -0.2) is 9.59 Å². The van der Waals surface area contributed by atoms with Crippen LogP contribution < -0.4 is 0 Å². The quantitative estimate of drug-likeness (QED) is 0.204. The van der Waals surface area contributed by atoms with Crippen LogP contribution in [0.25, 0.3) is 0 Å². The van der Waals surface area contributed by atoms with Gasteiger partial charge in [0.05, 0.1) is 0 Å². The number of aliphatic hydroxyl groups is 2.